The highest BCUT2D eigenvalue weighted by atomic mass is 16.1. The summed E-state index contributed by atoms with van der Waals surface area (Å²) in [4.78, 5) is 21.8. The number of nitrogens with one attached hydrogen (secondary N) is 3. The second-order valence-corrected chi connectivity index (χ2v) is 4.13. The van der Waals surface area contributed by atoms with Crippen LogP contribution < -0.4 is 11.1 Å². The molecule has 0 aromatic carbocycles. The normalized spacial score (nSPS) is 19.5. The van der Waals surface area contributed by atoms with E-state index in [4.69, 9.17) is 5.73 Å². The fourth-order valence-electron chi connectivity index (χ4n) is 2.29. The number of hydrogen-bond acceptors (Lipinski definition) is 3. The van der Waals surface area contributed by atoms with Gasteiger partial charge in [-0.25, -0.2) is 4.98 Å². The highest BCUT2D eigenvalue weighted by molar-refractivity contribution is 5.94. The number of nitrogens with zero attached hydrogens (tertiary/aromatic N) is 1. The number of imidazole rings is 1. The van der Waals surface area contributed by atoms with Crippen molar-refractivity contribution >= 4 is 11.9 Å². The van der Waals surface area contributed by atoms with Gasteiger partial charge in [0.1, 0.15) is 5.69 Å². The van der Waals surface area contributed by atoms with E-state index in [1.165, 1.54) is 0 Å². The zero-order chi connectivity index (χ0) is 11.8. The maximum atomic E-state index is 11.8. The van der Waals surface area contributed by atoms with E-state index in [1.54, 1.807) is 12.4 Å². The number of nitrogens with two attached hydrogens (primary N) is 1. The Balaban J connectivity index is 2.07. The lowest BCUT2D eigenvalue weighted by molar-refractivity contribution is 0.0951. The molecule has 1 aliphatic rings. The van der Waals surface area contributed by atoms with Gasteiger partial charge in [-0.2, -0.15) is 0 Å². The van der Waals surface area contributed by atoms with Gasteiger partial charge < -0.3 is 21.0 Å². The van der Waals surface area contributed by atoms with Gasteiger partial charge in [0.05, 0.1) is 6.20 Å². The summed E-state index contributed by atoms with van der Waals surface area (Å²) in [5.74, 6) is 0.473. The second kappa shape index (κ2) is 3.65. The fourth-order valence-corrected chi connectivity index (χ4v) is 2.29. The van der Waals surface area contributed by atoms with Crippen LogP contribution in [0.1, 0.15) is 34.1 Å². The number of hydrogen-bond donors (Lipinski definition) is 4. The first-order valence-electron chi connectivity index (χ1n) is 5.51. The molecule has 1 aliphatic heterocycles. The first-order valence-corrected chi connectivity index (χ1v) is 5.51. The molecule has 1 atom stereocenters. The summed E-state index contributed by atoms with van der Waals surface area (Å²) in [6.45, 7) is 0.644. The van der Waals surface area contributed by atoms with Crippen LogP contribution in [0.3, 0.4) is 0 Å². The topological polar surface area (TPSA) is 99.6 Å². The number of nitrogen functional groups attached to an aromatic ring is 1. The minimum Gasteiger partial charge on any atom is -0.369 e. The molecule has 3 heterocycles. The smallest absolute Gasteiger partial charge is 0.268 e. The highest BCUT2D eigenvalue weighted by Gasteiger charge is 2.26. The molecule has 0 saturated heterocycles. The van der Waals surface area contributed by atoms with E-state index in [2.05, 4.69) is 20.3 Å². The van der Waals surface area contributed by atoms with Crippen LogP contribution in [0.25, 0.3) is 0 Å². The molecular weight excluding hydrogens is 218 g/mol. The molecule has 0 fully saturated rings. The van der Waals surface area contributed by atoms with E-state index in [-0.39, 0.29) is 11.8 Å². The predicted octanol–water partition coefficient (Wildman–Crippen LogP) is 0.585. The third kappa shape index (κ3) is 1.57. The second-order valence-electron chi connectivity index (χ2n) is 4.13. The van der Waals surface area contributed by atoms with E-state index in [0.717, 1.165) is 17.7 Å². The molecule has 3 rings (SSSR count). The number of aromatic nitrogens is 3. The molecule has 2 aromatic heterocycles. The SMILES string of the molecule is Nc1ncc(C2CCNC(=O)c3[nH]ccc32)[nH]1. The Hall–Kier alpha value is -2.24. The predicted molar refractivity (Wildman–Crippen MR) is 62.6 cm³/mol. The zero-order valence-electron chi connectivity index (χ0n) is 9.16. The Morgan fingerprint density at radius 3 is 3.12 bits per heavy atom. The minimum atomic E-state index is -0.0556. The molecule has 88 valence electrons. The van der Waals surface area contributed by atoms with Crippen LogP contribution in [0, 0.1) is 0 Å². The van der Waals surface area contributed by atoms with Crippen molar-refractivity contribution in [2.24, 2.45) is 0 Å². The number of H-pyrrole nitrogens is 2. The molecule has 0 saturated carbocycles. The van der Waals surface area contributed by atoms with Gasteiger partial charge in [-0.15, -0.1) is 0 Å². The van der Waals surface area contributed by atoms with Crippen molar-refractivity contribution in [3.05, 3.63) is 35.4 Å². The first-order chi connectivity index (χ1) is 8.25. The lowest BCUT2D eigenvalue weighted by Gasteiger charge is -2.11. The Kier molecular flexibility index (Phi) is 2.14. The maximum absolute atomic E-state index is 11.8. The average molecular weight is 231 g/mol. The Morgan fingerprint density at radius 2 is 2.35 bits per heavy atom. The fraction of sp³-hybridized carbons (Fsp3) is 0.273. The van der Waals surface area contributed by atoms with Crippen molar-refractivity contribution < 1.29 is 4.79 Å². The first kappa shape index (κ1) is 9.95. The van der Waals surface area contributed by atoms with Crippen molar-refractivity contribution in [3.63, 3.8) is 0 Å². The zero-order valence-corrected chi connectivity index (χ0v) is 9.16. The molecule has 6 heteroatoms. The number of carbonyl (C=O) groups excluding carboxylic acids is 1. The summed E-state index contributed by atoms with van der Waals surface area (Å²) in [7, 11) is 0. The molecule has 0 aliphatic carbocycles. The summed E-state index contributed by atoms with van der Waals surface area (Å²) in [6.07, 6.45) is 4.34. The highest BCUT2D eigenvalue weighted by Crippen LogP contribution is 2.30. The Morgan fingerprint density at radius 1 is 1.47 bits per heavy atom. The number of anilines is 1. The number of carbonyl (C=O) groups is 1. The summed E-state index contributed by atoms with van der Waals surface area (Å²) in [5, 5.41) is 2.86. The average Bonchev–Trinajstić information content (AvgIpc) is 2.90. The van der Waals surface area contributed by atoms with Crippen molar-refractivity contribution in [2.75, 3.05) is 12.3 Å². The molecule has 2 aromatic rings. The van der Waals surface area contributed by atoms with Gasteiger partial charge in [0.2, 0.25) is 0 Å². The number of rotatable bonds is 1. The van der Waals surface area contributed by atoms with E-state index < -0.39 is 0 Å². The van der Waals surface area contributed by atoms with Crippen molar-refractivity contribution in [1.29, 1.82) is 0 Å². The van der Waals surface area contributed by atoms with Crippen LogP contribution in [-0.2, 0) is 0 Å². The van der Waals surface area contributed by atoms with E-state index in [0.29, 0.717) is 18.2 Å². The van der Waals surface area contributed by atoms with Crippen LogP contribution in [0.5, 0.6) is 0 Å². The van der Waals surface area contributed by atoms with Gasteiger partial charge in [-0.1, -0.05) is 0 Å². The third-order valence-corrected chi connectivity index (χ3v) is 3.09. The lowest BCUT2D eigenvalue weighted by atomic mass is 9.94. The van der Waals surface area contributed by atoms with Crippen LogP contribution in [0.2, 0.25) is 0 Å². The summed E-state index contributed by atoms with van der Waals surface area (Å²) < 4.78 is 0. The van der Waals surface area contributed by atoms with Gasteiger partial charge in [0.15, 0.2) is 5.95 Å². The summed E-state index contributed by atoms with van der Waals surface area (Å²) >= 11 is 0. The van der Waals surface area contributed by atoms with Crippen LogP contribution in [0.4, 0.5) is 5.95 Å². The number of fused-ring (bicyclic) bond motifs is 1. The summed E-state index contributed by atoms with van der Waals surface area (Å²) in [6, 6.07) is 1.93. The third-order valence-electron chi connectivity index (χ3n) is 3.09. The Labute approximate surface area is 97.6 Å². The maximum Gasteiger partial charge on any atom is 0.268 e. The van der Waals surface area contributed by atoms with Crippen molar-refractivity contribution in [3.8, 4) is 0 Å². The Bertz CT molecular complexity index is 556. The van der Waals surface area contributed by atoms with Crippen LogP contribution in [0.15, 0.2) is 18.5 Å². The molecule has 5 N–H and O–H groups in total. The van der Waals surface area contributed by atoms with Gasteiger partial charge in [0, 0.05) is 24.4 Å². The molecular formula is C11H13N5O. The quantitative estimate of drug-likeness (QED) is 0.577. The molecule has 0 spiro atoms. The summed E-state index contributed by atoms with van der Waals surface area (Å²) in [5.41, 5.74) is 8.15. The molecule has 0 bridgehead atoms. The molecule has 17 heavy (non-hydrogen) atoms. The monoisotopic (exact) mass is 231 g/mol. The van der Waals surface area contributed by atoms with Crippen molar-refractivity contribution in [2.45, 2.75) is 12.3 Å². The molecule has 1 amide bonds. The molecule has 0 radical (unpaired) electrons. The lowest BCUT2D eigenvalue weighted by Crippen LogP contribution is -2.23. The van der Waals surface area contributed by atoms with Gasteiger partial charge in [-0.3, -0.25) is 4.79 Å². The van der Waals surface area contributed by atoms with Gasteiger partial charge in [0.25, 0.3) is 5.91 Å². The van der Waals surface area contributed by atoms with Crippen LogP contribution in [-0.4, -0.2) is 27.4 Å². The molecule has 1 unspecified atom stereocenters. The van der Waals surface area contributed by atoms with E-state index >= 15 is 0 Å². The number of amides is 1. The van der Waals surface area contributed by atoms with Gasteiger partial charge in [-0.05, 0) is 18.1 Å². The van der Waals surface area contributed by atoms with E-state index in [1.807, 2.05) is 6.07 Å². The standard InChI is InChI=1S/C11H13N5O/c12-11-15-5-8(16-11)6-1-4-14-10(17)9-7(6)2-3-13-9/h2-3,5-6,13H,1,4H2,(H,14,17)(H3,12,15,16). The van der Waals surface area contributed by atoms with Crippen LogP contribution >= 0.6 is 0 Å². The minimum absolute atomic E-state index is 0.0556. The number of aromatic amines is 2. The van der Waals surface area contributed by atoms with Crippen molar-refractivity contribution in [1.82, 2.24) is 20.3 Å². The van der Waals surface area contributed by atoms with E-state index in [9.17, 15) is 4.79 Å². The van der Waals surface area contributed by atoms with Gasteiger partial charge >= 0.3 is 0 Å². The largest absolute Gasteiger partial charge is 0.369 e. The molecule has 6 nitrogen and oxygen atoms in total.